The van der Waals surface area contributed by atoms with E-state index in [1.165, 1.54) is 29.3 Å². The summed E-state index contributed by atoms with van der Waals surface area (Å²) in [6.07, 6.45) is -2.82. The van der Waals surface area contributed by atoms with Gasteiger partial charge in [0.15, 0.2) is 5.69 Å². The smallest absolute Gasteiger partial charge is 0.331 e. The maximum Gasteiger partial charge on any atom is 0.394 e. The fourth-order valence-electron chi connectivity index (χ4n) is 3.23. The second kappa shape index (κ2) is 5.12. The molecule has 1 atom stereocenters. The molecular weight excluding hydrogens is 331 g/mol. The predicted molar refractivity (Wildman–Crippen MR) is 79.5 cm³/mol. The summed E-state index contributed by atoms with van der Waals surface area (Å²) in [4.78, 5) is 13.9. The van der Waals surface area contributed by atoms with E-state index in [-0.39, 0.29) is 18.7 Å². The first-order chi connectivity index (χ1) is 10.6. The van der Waals surface area contributed by atoms with E-state index in [0.717, 1.165) is 0 Å². The van der Waals surface area contributed by atoms with E-state index in [1.807, 2.05) is 0 Å². The Kier molecular flexibility index (Phi) is 3.59. The third kappa shape index (κ3) is 2.67. The highest BCUT2D eigenvalue weighted by atomic mass is 35.5. The van der Waals surface area contributed by atoms with Gasteiger partial charge >= 0.3 is 6.18 Å². The lowest BCUT2D eigenvalue weighted by Crippen LogP contribution is -2.49. The fraction of sp³-hybridized carbons (Fsp3) is 0.467. The molecule has 1 aliphatic heterocycles. The van der Waals surface area contributed by atoms with Gasteiger partial charge in [0.2, 0.25) is 0 Å². The number of pyridine rings is 1. The first-order valence-electron chi connectivity index (χ1n) is 7.14. The quantitative estimate of drug-likeness (QED) is 0.788. The predicted octanol–water partition coefficient (Wildman–Crippen LogP) is 3.79. The van der Waals surface area contributed by atoms with Crippen LogP contribution in [0.25, 0.3) is 5.52 Å². The van der Waals surface area contributed by atoms with E-state index in [1.54, 1.807) is 18.3 Å². The molecule has 4 nitrogen and oxygen atoms in total. The average molecular weight is 346 g/mol. The van der Waals surface area contributed by atoms with Crippen molar-refractivity contribution in [1.29, 1.82) is 0 Å². The molecule has 1 aliphatic rings. The monoisotopic (exact) mass is 345 g/mol. The summed E-state index contributed by atoms with van der Waals surface area (Å²) >= 11 is 5.89. The largest absolute Gasteiger partial charge is 0.394 e. The second-order valence-electron chi connectivity index (χ2n) is 6.24. The molecule has 23 heavy (non-hydrogen) atoms. The first-order valence-corrected chi connectivity index (χ1v) is 7.52. The highest BCUT2D eigenvalue weighted by molar-refractivity contribution is 6.30. The highest BCUT2D eigenvalue weighted by Gasteiger charge is 2.56. The molecule has 1 saturated heterocycles. The zero-order valence-corrected chi connectivity index (χ0v) is 13.3. The summed E-state index contributed by atoms with van der Waals surface area (Å²) in [5.41, 5.74) is -0.573. The molecular formula is C15H15ClF3N3O. The topological polar surface area (TPSA) is 37.6 Å². The van der Waals surface area contributed by atoms with E-state index in [9.17, 15) is 18.0 Å². The molecule has 124 valence electrons. The van der Waals surface area contributed by atoms with E-state index in [2.05, 4.69) is 5.10 Å². The molecule has 1 amide bonds. The van der Waals surface area contributed by atoms with Gasteiger partial charge in [0.1, 0.15) is 0 Å². The van der Waals surface area contributed by atoms with Gasteiger partial charge in [-0.15, -0.1) is 0 Å². The molecule has 3 rings (SSSR count). The Labute approximate surface area is 135 Å². The number of halogens is 4. The molecule has 0 saturated carbocycles. The summed E-state index contributed by atoms with van der Waals surface area (Å²) in [6, 6.07) is 4.79. The third-order valence-corrected chi connectivity index (χ3v) is 4.71. The zero-order chi connectivity index (χ0) is 17.0. The lowest BCUT2D eigenvalue weighted by molar-refractivity contribution is -0.189. The molecule has 2 aromatic heterocycles. The number of carbonyl (C=O) groups excluding carboxylic acids is 1. The highest BCUT2D eigenvalue weighted by Crippen LogP contribution is 2.45. The van der Waals surface area contributed by atoms with E-state index < -0.39 is 23.5 Å². The van der Waals surface area contributed by atoms with Gasteiger partial charge < -0.3 is 4.90 Å². The molecule has 1 fully saturated rings. The van der Waals surface area contributed by atoms with Crippen molar-refractivity contribution in [2.24, 2.45) is 5.92 Å². The SMILES string of the molecule is CC1(C)[C@H](C(F)(F)F)CCN1C(=O)c1cc2cc(Cl)ccn2n1. The summed E-state index contributed by atoms with van der Waals surface area (Å²) < 4.78 is 40.9. The van der Waals surface area contributed by atoms with Crippen molar-refractivity contribution in [3.05, 3.63) is 35.1 Å². The maximum absolute atomic E-state index is 13.1. The van der Waals surface area contributed by atoms with E-state index in [4.69, 9.17) is 11.6 Å². The van der Waals surface area contributed by atoms with Crippen molar-refractivity contribution in [1.82, 2.24) is 14.5 Å². The molecule has 8 heteroatoms. The van der Waals surface area contributed by atoms with Crippen molar-refractivity contribution in [3.8, 4) is 0 Å². The lowest BCUT2D eigenvalue weighted by atomic mass is 9.88. The Bertz CT molecular complexity index is 769. The minimum Gasteiger partial charge on any atom is -0.331 e. The Hall–Kier alpha value is -1.76. The van der Waals surface area contributed by atoms with Gasteiger partial charge in [0.05, 0.1) is 11.4 Å². The molecule has 0 bridgehead atoms. The van der Waals surface area contributed by atoms with Crippen LogP contribution in [0.1, 0.15) is 30.8 Å². The summed E-state index contributed by atoms with van der Waals surface area (Å²) in [5.74, 6) is -2.04. The van der Waals surface area contributed by atoms with E-state index in [0.29, 0.717) is 10.5 Å². The molecule has 0 unspecified atom stereocenters. The molecule has 2 aromatic rings. The number of alkyl halides is 3. The molecule has 0 spiro atoms. The fourth-order valence-corrected chi connectivity index (χ4v) is 3.39. The van der Waals surface area contributed by atoms with Gasteiger partial charge in [-0.25, -0.2) is 4.52 Å². The number of likely N-dealkylation sites (tertiary alicyclic amines) is 1. The third-order valence-electron chi connectivity index (χ3n) is 4.47. The Morgan fingerprint density at radius 1 is 1.39 bits per heavy atom. The standard InChI is InChI=1S/C15H15ClF3N3O/c1-14(2)12(15(17,18)19)4-5-21(14)13(23)11-8-10-7-9(16)3-6-22(10)20-11/h3,6-8,12H,4-5H2,1-2H3/t12-/m1/s1. The number of carbonyl (C=O) groups is 1. The molecule has 0 radical (unpaired) electrons. The van der Waals surface area contributed by atoms with Crippen LogP contribution in [-0.4, -0.2) is 38.7 Å². The van der Waals surface area contributed by atoms with Crippen LogP contribution in [0.15, 0.2) is 24.4 Å². The number of nitrogens with zero attached hydrogens (tertiary/aromatic N) is 3. The second-order valence-corrected chi connectivity index (χ2v) is 6.67. The van der Waals surface area contributed by atoms with Crippen molar-refractivity contribution in [3.63, 3.8) is 0 Å². The van der Waals surface area contributed by atoms with Gasteiger partial charge in [-0.3, -0.25) is 4.79 Å². The summed E-state index contributed by atoms with van der Waals surface area (Å²) in [6.45, 7) is 2.95. The van der Waals surface area contributed by atoms with Crippen molar-refractivity contribution in [2.75, 3.05) is 6.54 Å². The number of fused-ring (bicyclic) bond motifs is 1. The number of hydrogen-bond acceptors (Lipinski definition) is 2. The van der Waals surface area contributed by atoms with Crippen LogP contribution >= 0.6 is 11.6 Å². The first kappa shape index (κ1) is 16.1. The van der Waals surface area contributed by atoms with Crippen LogP contribution in [0.5, 0.6) is 0 Å². The van der Waals surface area contributed by atoms with Gasteiger partial charge in [0, 0.05) is 23.3 Å². The number of rotatable bonds is 1. The van der Waals surface area contributed by atoms with Crippen molar-refractivity contribution in [2.45, 2.75) is 32.0 Å². The molecule has 0 aliphatic carbocycles. The molecule has 3 heterocycles. The number of amides is 1. The minimum atomic E-state index is -4.33. The van der Waals surface area contributed by atoms with Crippen LogP contribution in [0.2, 0.25) is 5.02 Å². The van der Waals surface area contributed by atoms with Gasteiger partial charge in [-0.2, -0.15) is 18.3 Å². The van der Waals surface area contributed by atoms with Crippen LogP contribution < -0.4 is 0 Å². The molecule has 0 aromatic carbocycles. The Morgan fingerprint density at radius 2 is 2.09 bits per heavy atom. The van der Waals surface area contributed by atoms with Crippen molar-refractivity contribution < 1.29 is 18.0 Å². The van der Waals surface area contributed by atoms with Gasteiger partial charge in [-0.05, 0) is 38.5 Å². The zero-order valence-electron chi connectivity index (χ0n) is 12.6. The summed E-state index contributed by atoms with van der Waals surface area (Å²) in [5, 5.41) is 4.63. The van der Waals surface area contributed by atoms with Crippen LogP contribution in [-0.2, 0) is 0 Å². The maximum atomic E-state index is 13.1. The normalized spacial score (nSPS) is 21.1. The van der Waals surface area contributed by atoms with Crippen LogP contribution in [0.4, 0.5) is 13.2 Å². The Morgan fingerprint density at radius 3 is 2.70 bits per heavy atom. The number of hydrogen-bond donors (Lipinski definition) is 0. The number of aromatic nitrogens is 2. The Balaban J connectivity index is 1.93. The van der Waals surface area contributed by atoms with E-state index >= 15 is 0 Å². The van der Waals surface area contributed by atoms with Crippen LogP contribution in [0, 0.1) is 5.92 Å². The van der Waals surface area contributed by atoms with Gasteiger partial charge in [0.25, 0.3) is 5.91 Å². The minimum absolute atomic E-state index is 0.0602. The average Bonchev–Trinajstić information content (AvgIpc) is 2.96. The molecule has 0 N–H and O–H groups in total. The van der Waals surface area contributed by atoms with Crippen molar-refractivity contribution >= 4 is 23.0 Å². The lowest BCUT2D eigenvalue weighted by Gasteiger charge is -2.36. The van der Waals surface area contributed by atoms with Crippen LogP contribution in [0.3, 0.4) is 0 Å². The van der Waals surface area contributed by atoms with Gasteiger partial charge in [-0.1, -0.05) is 11.6 Å². The summed E-state index contributed by atoms with van der Waals surface area (Å²) in [7, 11) is 0.